The zero-order chi connectivity index (χ0) is 12.4. The van der Waals surface area contributed by atoms with Crippen molar-refractivity contribution in [3.8, 4) is 0 Å². The Balaban J connectivity index is 2.10. The minimum Gasteiger partial charge on any atom is -0.481 e. The molecule has 1 aliphatic rings. The first-order valence-corrected chi connectivity index (χ1v) is 6.55. The van der Waals surface area contributed by atoms with Crippen LogP contribution in [0.1, 0.15) is 37.2 Å². The van der Waals surface area contributed by atoms with Gasteiger partial charge in [-0.1, -0.05) is 15.9 Å². The molecule has 2 nitrogen and oxygen atoms in total. The lowest BCUT2D eigenvalue weighted by atomic mass is 9.78. The molecule has 0 aliphatic heterocycles. The number of aliphatic carboxylic acids is 1. The molecule has 17 heavy (non-hydrogen) atoms. The average molecular weight is 301 g/mol. The second-order valence-corrected chi connectivity index (χ2v) is 5.47. The second-order valence-electron chi connectivity index (χ2n) is 4.55. The maximum Gasteiger partial charge on any atom is 0.306 e. The number of carboxylic acid groups (broad SMARTS) is 1. The number of rotatable bonds is 2. The molecular formula is C13H14BrFO2. The number of hydrogen-bond acceptors (Lipinski definition) is 1. The number of carboxylic acids is 1. The highest BCUT2D eigenvalue weighted by Crippen LogP contribution is 2.37. The summed E-state index contributed by atoms with van der Waals surface area (Å²) in [4.78, 5) is 10.8. The third kappa shape index (κ3) is 2.86. The second kappa shape index (κ2) is 5.17. The monoisotopic (exact) mass is 300 g/mol. The molecule has 1 aromatic carbocycles. The lowest BCUT2D eigenvalue weighted by molar-refractivity contribution is -0.142. The van der Waals surface area contributed by atoms with Crippen LogP contribution in [-0.2, 0) is 4.79 Å². The third-order valence-electron chi connectivity index (χ3n) is 3.47. The maximum absolute atomic E-state index is 13.7. The molecule has 1 aromatic rings. The molecule has 1 aliphatic carbocycles. The van der Waals surface area contributed by atoms with E-state index in [1.807, 2.05) is 0 Å². The van der Waals surface area contributed by atoms with Crippen molar-refractivity contribution in [3.05, 3.63) is 34.1 Å². The molecule has 92 valence electrons. The molecule has 0 atom stereocenters. The zero-order valence-corrected chi connectivity index (χ0v) is 10.9. The molecule has 1 saturated carbocycles. The summed E-state index contributed by atoms with van der Waals surface area (Å²) in [6.07, 6.45) is 2.80. The van der Waals surface area contributed by atoms with Gasteiger partial charge in [0.1, 0.15) is 5.82 Å². The van der Waals surface area contributed by atoms with Crippen LogP contribution in [0.25, 0.3) is 0 Å². The van der Waals surface area contributed by atoms with E-state index < -0.39 is 5.97 Å². The van der Waals surface area contributed by atoms with Crippen molar-refractivity contribution in [2.75, 3.05) is 0 Å². The van der Waals surface area contributed by atoms with Gasteiger partial charge in [0, 0.05) is 4.47 Å². The standard InChI is InChI=1S/C13H14BrFO2/c14-10-5-6-12(15)11(7-10)8-1-3-9(4-2-8)13(16)17/h5-9H,1-4H2,(H,16,17). The highest BCUT2D eigenvalue weighted by atomic mass is 79.9. The van der Waals surface area contributed by atoms with E-state index >= 15 is 0 Å². The van der Waals surface area contributed by atoms with Crippen molar-refractivity contribution in [3.63, 3.8) is 0 Å². The number of benzene rings is 1. The quantitative estimate of drug-likeness (QED) is 0.898. The van der Waals surface area contributed by atoms with E-state index in [4.69, 9.17) is 5.11 Å². The first-order chi connectivity index (χ1) is 8.08. The van der Waals surface area contributed by atoms with E-state index in [2.05, 4.69) is 15.9 Å². The van der Waals surface area contributed by atoms with Gasteiger partial charge in [-0.05, 0) is 55.4 Å². The molecule has 0 heterocycles. The van der Waals surface area contributed by atoms with Crippen LogP contribution in [0.5, 0.6) is 0 Å². The zero-order valence-electron chi connectivity index (χ0n) is 9.33. The molecule has 0 saturated heterocycles. The Morgan fingerprint density at radius 3 is 2.53 bits per heavy atom. The Hall–Kier alpha value is -0.900. The van der Waals surface area contributed by atoms with Crippen molar-refractivity contribution in [1.82, 2.24) is 0 Å². The fourth-order valence-corrected chi connectivity index (χ4v) is 2.86. The Morgan fingerprint density at radius 2 is 1.94 bits per heavy atom. The van der Waals surface area contributed by atoms with Gasteiger partial charge >= 0.3 is 5.97 Å². The summed E-state index contributed by atoms with van der Waals surface area (Å²) >= 11 is 3.34. The van der Waals surface area contributed by atoms with Crippen molar-refractivity contribution in [1.29, 1.82) is 0 Å². The van der Waals surface area contributed by atoms with Crippen LogP contribution >= 0.6 is 15.9 Å². The van der Waals surface area contributed by atoms with Gasteiger partial charge in [-0.2, -0.15) is 0 Å². The molecule has 0 unspecified atom stereocenters. The smallest absolute Gasteiger partial charge is 0.306 e. The van der Waals surface area contributed by atoms with E-state index in [0.717, 1.165) is 17.3 Å². The summed E-state index contributed by atoms with van der Waals surface area (Å²) in [7, 11) is 0. The lowest BCUT2D eigenvalue weighted by Gasteiger charge is -2.26. The van der Waals surface area contributed by atoms with Crippen LogP contribution in [0.4, 0.5) is 4.39 Å². The molecular weight excluding hydrogens is 287 g/mol. The van der Waals surface area contributed by atoms with Crippen LogP contribution in [0, 0.1) is 11.7 Å². The number of carbonyl (C=O) groups is 1. The summed E-state index contributed by atoms with van der Waals surface area (Å²) in [5.74, 6) is -1.00. The fraction of sp³-hybridized carbons (Fsp3) is 0.462. The van der Waals surface area contributed by atoms with Crippen molar-refractivity contribution >= 4 is 21.9 Å². The number of halogens is 2. The van der Waals surface area contributed by atoms with Crippen molar-refractivity contribution in [2.24, 2.45) is 5.92 Å². The normalized spacial score (nSPS) is 24.6. The average Bonchev–Trinajstić information content (AvgIpc) is 2.32. The summed E-state index contributed by atoms with van der Waals surface area (Å²) in [5, 5.41) is 8.91. The highest BCUT2D eigenvalue weighted by molar-refractivity contribution is 9.10. The van der Waals surface area contributed by atoms with E-state index in [-0.39, 0.29) is 17.7 Å². The van der Waals surface area contributed by atoms with E-state index in [0.29, 0.717) is 18.4 Å². The minimum absolute atomic E-state index is 0.156. The molecule has 0 aromatic heterocycles. The summed E-state index contributed by atoms with van der Waals surface area (Å²) in [5.41, 5.74) is 0.711. The largest absolute Gasteiger partial charge is 0.481 e. The minimum atomic E-state index is -0.724. The van der Waals surface area contributed by atoms with E-state index in [1.165, 1.54) is 6.07 Å². The van der Waals surface area contributed by atoms with Gasteiger partial charge in [0.15, 0.2) is 0 Å². The first-order valence-electron chi connectivity index (χ1n) is 5.75. The predicted octanol–water partition coefficient (Wildman–Crippen LogP) is 3.95. The highest BCUT2D eigenvalue weighted by Gasteiger charge is 2.28. The SMILES string of the molecule is O=C(O)C1CCC(c2cc(Br)ccc2F)CC1. The Morgan fingerprint density at radius 1 is 1.29 bits per heavy atom. The molecule has 1 fully saturated rings. The Labute approximate surface area is 108 Å². The molecule has 0 spiro atoms. The van der Waals surface area contributed by atoms with Crippen LogP contribution in [0.2, 0.25) is 0 Å². The summed E-state index contributed by atoms with van der Waals surface area (Å²) in [6.45, 7) is 0. The Kier molecular flexibility index (Phi) is 3.82. The van der Waals surface area contributed by atoms with Crippen LogP contribution in [-0.4, -0.2) is 11.1 Å². The van der Waals surface area contributed by atoms with E-state index in [1.54, 1.807) is 12.1 Å². The summed E-state index contributed by atoms with van der Waals surface area (Å²) in [6, 6.07) is 4.95. The van der Waals surface area contributed by atoms with Crippen molar-refractivity contribution < 1.29 is 14.3 Å². The topological polar surface area (TPSA) is 37.3 Å². The van der Waals surface area contributed by atoms with Gasteiger partial charge in [0.25, 0.3) is 0 Å². The van der Waals surface area contributed by atoms with Crippen LogP contribution < -0.4 is 0 Å². The molecule has 4 heteroatoms. The van der Waals surface area contributed by atoms with Crippen LogP contribution in [0.3, 0.4) is 0 Å². The van der Waals surface area contributed by atoms with Crippen LogP contribution in [0.15, 0.2) is 22.7 Å². The summed E-state index contributed by atoms with van der Waals surface area (Å²) < 4.78 is 14.5. The molecule has 2 rings (SSSR count). The molecule has 0 amide bonds. The molecule has 0 bridgehead atoms. The van der Waals surface area contributed by atoms with E-state index in [9.17, 15) is 9.18 Å². The lowest BCUT2D eigenvalue weighted by Crippen LogP contribution is -2.20. The van der Waals surface area contributed by atoms with Gasteiger partial charge in [0.2, 0.25) is 0 Å². The van der Waals surface area contributed by atoms with Gasteiger partial charge in [-0.3, -0.25) is 4.79 Å². The molecule has 1 N–H and O–H groups in total. The van der Waals surface area contributed by atoms with Crippen molar-refractivity contribution in [2.45, 2.75) is 31.6 Å². The van der Waals surface area contributed by atoms with Gasteiger partial charge in [0.05, 0.1) is 5.92 Å². The fourth-order valence-electron chi connectivity index (χ4n) is 2.48. The molecule has 0 radical (unpaired) electrons. The first kappa shape index (κ1) is 12.6. The van der Waals surface area contributed by atoms with Gasteiger partial charge < -0.3 is 5.11 Å². The Bertz CT molecular complexity index is 425. The third-order valence-corrected chi connectivity index (χ3v) is 3.97. The number of hydrogen-bond donors (Lipinski definition) is 1. The predicted molar refractivity (Wildman–Crippen MR) is 66.4 cm³/mol. The maximum atomic E-state index is 13.7. The van der Waals surface area contributed by atoms with Gasteiger partial charge in [-0.15, -0.1) is 0 Å². The van der Waals surface area contributed by atoms with Gasteiger partial charge in [-0.25, -0.2) is 4.39 Å².